The van der Waals surface area contributed by atoms with Crippen LogP contribution in [-0.2, 0) is 20.0 Å². The lowest BCUT2D eigenvalue weighted by molar-refractivity contribution is 0.102. The van der Waals surface area contributed by atoms with Crippen molar-refractivity contribution in [2.45, 2.75) is 4.21 Å². The fraction of sp³-hybridized carbons (Fsp3) is 0.154. The van der Waals surface area contributed by atoms with Crippen molar-refractivity contribution in [3.8, 4) is 5.75 Å². The highest BCUT2D eigenvalue weighted by Crippen LogP contribution is 2.26. The molecule has 1 N–H and O–H groups in total. The fourth-order valence-corrected chi connectivity index (χ4v) is 3.74. The first-order chi connectivity index (χ1) is 11.5. The summed E-state index contributed by atoms with van der Waals surface area (Å²) in [5.41, 5.74) is -0.0366. The Bertz CT molecular complexity index is 1080. The molecule has 0 aliphatic rings. The molecule has 0 fully saturated rings. The third kappa shape index (κ3) is 5.24. The molecule has 0 aliphatic heterocycles. The Morgan fingerprint density at radius 2 is 1.92 bits per heavy atom. The molecule has 0 radical (unpaired) electrons. The van der Waals surface area contributed by atoms with E-state index in [9.17, 15) is 21.6 Å². The van der Waals surface area contributed by atoms with E-state index in [0.717, 1.165) is 36.1 Å². The third-order valence-electron chi connectivity index (χ3n) is 2.60. The average Bonchev–Trinajstić information content (AvgIpc) is 2.93. The Labute approximate surface area is 148 Å². The van der Waals surface area contributed by atoms with Crippen LogP contribution in [0.1, 0.15) is 10.4 Å². The normalized spacial score (nSPS) is 11.6. The van der Waals surface area contributed by atoms with Gasteiger partial charge in [0.15, 0.2) is 20.7 Å². The highest BCUT2D eigenvalue weighted by atomic mass is 32.2. The van der Waals surface area contributed by atoms with Crippen molar-refractivity contribution in [1.29, 1.82) is 0 Å². The van der Waals surface area contributed by atoms with Crippen LogP contribution < -0.4 is 9.50 Å². The summed E-state index contributed by atoms with van der Waals surface area (Å²) < 4.78 is 49.9. The molecule has 25 heavy (non-hydrogen) atoms. The Kier molecular flexibility index (Phi) is 5.12. The number of nitrogens with zero attached hydrogens (tertiary/aromatic N) is 2. The molecule has 0 atom stereocenters. The predicted molar refractivity (Wildman–Crippen MR) is 91.4 cm³/mol. The summed E-state index contributed by atoms with van der Waals surface area (Å²) in [5.74, 6) is -0.879. The molecule has 0 unspecified atom stereocenters. The molecule has 1 amide bonds. The van der Waals surface area contributed by atoms with Crippen molar-refractivity contribution in [1.82, 2.24) is 4.98 Å². The maximum Gasteiger partial charge on any atom is 0.306 e. The van der Waals surface area contributed by atoms with Crippen LogP contribution in [0.4, 0.5) is 10.8 Å². The maximum atomic E-state index is 12.3. The second kappa shape index (κ2) is 6.79. The van der Waals surface area contributed by atoms with E-state index < -0.39 is 25.9 Å². The van der Waals surface area contributed by atoms with Gasteiger partial charge in [0.25, 0.3) is 5.91 Å². The molecule has 2 rings (SSSR count). The van der Waals surface area contributed by atoms with E-state index >= 15 is 0 Å². The van der Waals surface area contributed by atoms with Crippen LogP contribution in [0.2, 0.25) is 0 Å². The van der Waals surface area contributed by atoms with Gasteiger partial charge < -0.3 is 4.18 Å². The quantitative estimate of drug-likeness (QED) is 0.597. The first kappa shape index (κ1) is 18.8. The van der Waals surface area contributed by atoms with Gasteiger partial charge in [0.2, 0.25) is 0 Å². The van der Waals surface area contributed by atoms with Crippen molar-refractivity contribution in [2.24, 2.45) is 0 Å². The van der Waals surface area contributed by atoms with Gasteiger partial charge in [-0.05, 0) is 18.2 Å². The number of rotatable bonds is 5. The minimum atomic E-state index is -3.83. The lowest BCUT2D eigenvalue weighted by atomic mass is 10.2. The standard InChI is InChI=1S/C13H11N3O6S3/c1-14-9-4-8(5-10(6-9)22-25(3,20)21)12(17)16-13-15-7-11(23-13)24(2,18)19/h4-7H,2-3H3,(H,15,16,17). The largest absolute Gasteiger partial charge is 0.384 e. The fourth-order valence-electron chi connectivity index (χ4n) is 1.66. The van der Waals surface area contributed by atoms with Gasteiger partial charge in [0.1, 0.15) is 9.96 Å². The van der Waals surface area contributed by atoms with E-state index in [0.29, 0.717) is 0 Å². The SMILES string of the molecule is [C-]#[N+]c1cc(OS(C)(=O)=O)cc(C(=O)Nc2ncc(S(C)(=O)=O)s2)c1. The predicted octanol–water partition coefficient (Wildman–Crippen LogP) is 1.69. The second-order valence-electron chi connectivity index (χ2n) is 4.83. The van der Waals surface area contributed by atoms with Crippen LogP contribution in [-0.4, -0.2) is 40.2 Å². The molecule has 132 valence electrons. The summed E-state index contributed by atoms with van der Waals surface area (Å²) in [5, 5.41) is 2.43. The number of sulfone groups is 1. The first-order valence-corrected chi connectivity index (χ1v) is 10.9. The van der Waals surface area contributed by atoms with Crippen molar-refractivity contribution in [3.63, 3.8) is 0 Å². The second-order valence-corrected chi connectivity index (χ2v) is 9.67. The third-order valence-corrected chi connectivity index (χ3v) is 5.80. The molecular formula is C13H11N3O6S3. The number of amides is 1. The molecule has 1 aromatic heterocycles. The molecule has 0 spiro atoms. The highest BCUT2D eigenvalue weighted by Gasteiger charge is 2.16. The van der Waals surface area contributed by atoms with E-state index in [1.165, 1.54) is 12.1 Å². The van der Waals surface area contributed by atoms with Gasteiger partial charge in [0, 0.05) is 11.8 Å². The molecular weight excluding hydrogens is 390 g/mol. The molecule has 0 saturated carbocycles. The van der Waals surface area contributed by atoms with E-state index in [2.05, 4.69) is 15.1 Å². The lowest BCUT2D eigenvalue weighted by Crippen LogP contribution is -2.12. The van der Waals surface area contributed by atoms with Gasteiger partial charge >= 0.3 is 10.1 Å². The molecule has 9 nitrogen and oxygen atoms in total. The number of thiazole rings is 1. The smallest absolute Gasteiger partial charge is 0.306 e. The van der Waals surface area contributed by atoms with Crippen LogP contribution in [0.15, 0.2) is 28.6 Å². The number of anilines is 1. The summed E-state index contributed by atoms with van der Waals surface area (Å²) in [6.07, 6.45) is 2.96. The highest BCUT2D eigenvalue weighted by molar-refractivity contribution is 7.92. The average molecular weight is 401 g/mol. The molecule has 1 heterocycles. The molecule has 0 saturated heterocycles. The molecule has 2 aromatic rings. The van der Waals surface area contributed by atoms with Crippen LogP contribution >= 0.6 is 11.3 Å². The van der Waals surface area contributed by atoms with Gasteiger partial charge in [0.05, 0.1) is 19.0 Å². The Morgan fingerprint density at radius 1 is 1.24 bits per heavy atom. The van der Waals surface area contributed by atoms with Crippen LogP contribution in [0.5, 0.6) is 5.75 Å². The summed E-state index contributed by atoms with van der Waals surface area (Å²) >= 11 is 0.768. The Morgan fingerprint density at radius 3 is 2.44 bits per heavy atom. The zero-order chi connectivity index (χ0) is 18.8. The molecule has 0 aliphatic carbocycles. The number of hydrogen-bond donors (Lipinski definition) is 1. The summed E-state index contributed by atoms with van der Waals surface area (Å²) in [4.78, 5) is 19.2. The van der Waals surface area contributed by atoms with Gasteiger partial charge in [-0.1, -0.05) is 11.3 Å². The van der Waals surface area contributed by atoms with Crippen molar-refractivity contribution >= 4 is 48.0 Å². The zero-order valence-electron chi connectivity index (χ0n) is 12.9. The van der Waals surface area contributed by atoms with Gasteiger partial charge in [-0.25, -0.2) is 18.2 Å². The number of nitrogens with one attached hydrogen (secondary N) is 1. The van der Waals surface area contributed by atoms with Crippen LogP contribution in [0.3, 0.4) is 0 Å². The maximum absolute atomic E-state index is 12.3. The van der Waals surface area contributed by atoms with Crippen LogP contribution in [0, 0.1) is 6.57 Å². The molecule has 1 aromatic carbocycles. The number of carbonyl (C=O) groups is 1. The van der Waals surface area contributed by atoms with Crippen molar-refractivity contribution < 1.29 is 25.8 Å². The summed E-state index contributed by atoms with van der Waals surface area (Å²) in [7, 11) is -7.27. The van der Waals surface area contributed by atoms with Gasteiger partial charge in [-0.3, -0.25) is 10.1 Å². The Balaban J connectivity index is 2.31. The summed E-state index contributed by atoms with van der Waals surface area (Å²) in [6, 6.07) is 3.56. The number of carbonyl (C=O) groups excluding carboxylic acids is 1. The van der Waals surface area contributed by atoms with E-state index in [4.69, 9.17) is 10.8 Å². The molecule has 12 heteroatoms. The summed E-state index contributed by atoms with van der Waals surface area (Å²) in [6.45, 7) is 7.01. The first-order valence-electron chi connectivity index (χ1n) is 6.37. The molecule has 0 bridgehead atoms. The van der Waals surface area contributed by atoms with Gasteiger partial charge in [-0.15, -0.1) is 0 Å². The van der Waals surface area contributed by atoms with E-state index in [1.807, 2.05) is 0 Å². The number of aromatic nitrogens is 1. The van der Waals surface area contributed by atoms with Crippen molar-refractivity contribution in [2.75, 3.05) is 17.8 Å². The number of hydrogen-bond acceptors (Lipinski definition) is 8. The van der Waals surface area contributed by atoms with E-state index in [-0.39, 0.29) is 26.3 Å². The lowest BCUT2D eigenvalue weighted by Gasteiger charge is -2.07. The Hall–Kier alpha value is -2.49. The van der Waals surface area contributed by atoms with E-state index in [1.54, 1.807) is 0 Å². The number of benzene rings is 1. The minimum Gasteiger partial charge on any atom is -0.384 e. The van der Waals surface area contributed by atoms with Crippen LogP contribution in [0.25, 0.3) is 4.85 Å². The minimum absolute atomic E-state index is 0.00210. The topological polar surface area (TPSA) is 124 Å². The monoisotopic (exact) mass is 401 g/mol. The zero-order valence-corrected chi connectivity index (χ0v) is 15.3. The van der Waals surface area contributed by atoms with Gasteiger partial charge in [-0.2, -0.15) is 8.42 Å². The van der Waals surface area contributed by atoms with Crippen molar-refractivity contribution in [3.05, 3.63) is 41.4 Å².